The molecule has 2 aliphatic heterocycles. The molecule has 47 heavy (non-hydrogen) atoms. The predicted octanol–water partition coefficient (Wildman–Crippen LogP) is 5.14. The Kier molecular flexibility index (Phi) is 9.56. The van der Waals surface area contributed by atoms with Gasteiger partial charge in [-0.3, -0.25) is 19.8 Å². The molecule has 1 aromatic heterocycles. The lowest BCUT2D eigenvalue weighted by Gasteiger charge is -2.41. The van der Waals surface area contributed by atoms with Crippen molar-refractivity contribution >= 4 is 28.6 Å². The molecule has 3 heterocycles. The van der Waals surface area contributed by atoms with Crippen LogP contribution >= 0.6 is 0 Å². The van der Waals surface area contributed by atoms with E-state index in [0.717, 1.165) is 11.6 Å². The molecular formula is C33H40F3N5O6. The van der Waals surface area contributed by atoms with E-state index in [4.69, 9.17) is 4.74 Å². The summed E-state index contributed by atoms with van der Waals surface area (Å²) in [5.41, 5.74) is -3.60. The quantitative estimate of drug-likeness (QED) is 0.276. The van der Waals surface area contributed by atoms with Gasteiger partial charge in [-0.15, -0.1) is 0 Å². The average Bonchev–Trinajstić information content (AvgIpc) is 3.38. The van der Waals surface area contributed by atoms with Crippen LogP contribution in [0.5, 0.6) is 0 Å². The van der Waals surface area contributed by atoms with E-state index in [-0.39, 0.29) is 66.7 Å². The number of aromatic nitrogens is 1. The number of ether oxygens (including phenoxy) is 1. The molecule has 2 saturated heterocycles. The van der Waals surface area contributed by atoms with E-state index in [9.17, 15) is 38.0 Å². The van der Waals surface area contributed by atoms with Crippen molar-refractivity contribution in [2.45, 2.75) is 57.5 Å². The number of fused-ring (bicyclic) bond motifs is 1. The minimum absolute atomic E-state index is 0.0675. The molecule has 1 atom stereocenters. The van der Waals surface area contributed by atoms with Crippen LogP contribution in [0.2, 0.25) is 0 Å². The fraction of sp³-hybridized carbons (Fsp3) is 0.515. The summed E-state index contributed by atoms with van der Waals surface area (Å²) in [6.07, 6.45) is -3.32. The first-order valence-electron chi connectivity index (χ1n) is 15.7. The van der Waals surface area contributed by atoms with Gasteiger partial charge in [-0.2, -0.15) is 13.2 Å². The third-order valence-corrected chi connectivity index (χ3v) is 8.82. The summed E-state index contributed by atoms with van der Waals surface area (Å²) in [5.74, 6) is -0.391. The number of piperazine rings is 1. The van der Waals surface area contributed by atoms with Crippen molar-refractivity contribution in [2.75, 3.05) is 45.8 Å². The van der Waals surface area contributed by atoms with Crippen LogP contribution in [0, 0.1) is 16.0 Å². The van der Waals surface area contributed by atoms with Crippen LogP contribution in [0.25, 0.3) is 10.9 Å². The molecule has 2 fully saturated rings. The molecule has 5 rings (SSSR count). The Morgan fingerprint density at radius 2 is 1.60 bits per heavy atom. The number of amides is 2. The topological polar surface area (TPSA) is 121 Å². The monoisotopic (exact) mass is 659 g/mol. The molecule has 0 bridgehead atoms. The molecule has 3 aromatic rings. The van der Waals surface area contributed by atoms with Gasteiger partial charge >= 0.3 is 12.3 Å². The standard InChI is InChI=1S/C33H40F3N5O6/c1-31(2,3)47-30(43)39-13-11-24(12-14-39)29(42)38-17-15-37(16-18-38)22-32(44,33(34,35)36)27-21-40(20-23-7-5-4-6-8-23)28-19-25(41(45)46)9-10-26(27)28/h4-10,19,21,24,44H,11-18,20,22H2,1-3H3. The maximum atomic E-state index is 14.8. The predicted molar refractivity (Wildman–Crippen MR) is 168 cm³/mol. The molecule has 0 spiro atoms. The van der Waals surface area contributed by atoms with Gasteiger partial charge in [0, 0.05) is 87.6 Å². The number of nitro benzene ring substituents is 1. The number of nitro groups is 1. The van der Waals surface area contributed by atoms with Gasteiger partial charge in [0.2, 0.25) is 11.5 Å². The van der Waals surface area contributed by atoms with Gasteiger partial charge in [0.15, 0.2) is 0 Å². The lowest BCUT2D eigenvalue weighted by molar-refractivity contribution is -0.384. The molecule has 14 heteroatoms. The minimum Gasteiger partial charge on any atom is -0.444 e. The normalized spacial score (nSPS) is 18.3. The highest BCUT2D eigenvalue weighted by Gasteiger charge is 2.57. The molecule has 1 N–H and O–H groups in total. The number of hydrogen-bond acceptors (Lipinski definition) is 7. The molecule has 11 nitrogen and oxygen atoms in total. The number of nitrogens with zero attached hydrogens (tertiary/aromatic N) is 5. The summed E-state index contributed by atoms with van der Waals surface area (Å²) in [6.45, 7) is 6.12. The lowest BCUT2D eigenvalue weighted by atomic mass is 9.91. The zero-order chi connectivity index (χ0) is 34.1. The Morgan fingerprint density at radius 3 is 2.17 bits per heavy atom. The van der Waals surface area contributed by atoms with Gasteiger partial charge in [0.05, 0.1) is 10.4 Å². The number of halogens is 3. The molecule has 2 aliphatic rings. The summed E-state index contributed by atoms with van der Waals surface area (Å²) < 4.78 is 51.5. The van der Waals surface area contributed by atoms with Gasteiger partial charge in [0.25, 0.3) is 5.69 Å². The molecule has 2 aromatic carbocycles. The largest absolute Gasteiger partial charge is 0.444 e. The Hall–Kier alpha value is -4.17. The van der Waals surface area contributed by atoms with Crippen molar-refractivity contribution in [2.24, 2.45) is 5.92 Å². The molecule has 254 valence electrons. The number of carbonyl (C=O) groups is 2. The van der Waals surface area contributed by atoms with Crippen molar-refractivity contribution in [3.8, 4) is 0 Å². The number of piperidine rings is 1. The Bertz CT molecular complexity index is 1610. The van der Waals surface area contributed by atoms with Gasteiger partial charge in [-0.1, -0.05) is 30.3 Å². The second kappa shape index (κ2) is 13.1. The van der Waals surface area contributed by atoms with E-state index in [2.05, 4.69) is 0 Å². The maximum absolute atomic E-state index is 14.8. The summed E-state index contributed by atoms with van der Waals surface area (Å²) in [4.78, 5) is 41.3. The van der Waals surface area contributed by atoms with Gasteiger partial charge in [0.1, 0.15) is 5.60 Å². The third kappa shape index (κ3) is 7.54. The molecule has 2 amide bonds. The molecule has 0 saturated carbocycles. The second-order valence-corrected chi connectivity index (χ2v) is 13.3. The highest BCUT2D eigenvalue weighted by atomic mass is 19.4. The van der Waals surface area contributed by atoms with Crippen molar-refractivity contribution in [1.29, 1.82) is 0 Å². The van der Waals surface area contributed by atoms with Crippen LogP contribution in [0.1, 0.15) is 44.7 Å². The smallest absolute Gasteiger partial charge is 0.422 e. The summed E-state index contributed by atoms with van der Waals surface area (Å²) in [5, 5.41) is 23.1. The van der Waals surface area contributed by atoms with E-state index in [1.807, 2.05) is 0 Å². The van der Waals surface area contributed by atoms with E-state index in [1.54, 1.807) is 60.9 Å². The molecule has 0 radical (unpaired) electrons. The van der Waals surface area contributed by atoms with Crippen LogP contribution in [0.3, 0.4) is 0 Å². The Balaban J connectivity index is 1.30. The van der Waals surface area contributed by atoms with Crippen molar-refractivity contribution in [3.05, 3.63) is 76.0 Å². The van der Waals surface area contributed by atoms with Crippen LogP contribution in [0.4, 0.5) is 23.7 Å². The highest BCUT2D eigenvalue weighted by molar-refractivity contribution is 5.87. The number of β-amino-alcohol motifs (C(OH)–C–C–N with tert-alkyl or cyclic N) is 1. The first-order valence-corrected chi connectivity index (χ1v) is 15.7. The first-order chi connectivity index (χ1) is 22.1. The number of likely N-dealkylation sites (tertiary alicyclic amines) is 1. The van der Waals surface area contributed by atoms with E-state index < -0.39 is 34.9 Å². The van der Waals surface area contributed by atoms with Crippen molar-refractivity contribution in [3.63, 3.8) is 0 Å². The first kappa shape index (κ1) is 34.2. The maximum Gasteiger partial charge on any atom is 0.422 e. The second-order valence-electron chi connectivity index (χ2n) is 13.3. The molecule has 0 aliphatic carbocycles. The fourth-order valence-electron chi connectivity index (χ4n) is 6.31. The number of alkyl halides is 3. The van der Waals surface area contributed by atoms with Crippen molar-refractivity contribution < 1.29 is 37.5 Å². The SMILES string of the molecule is CC(C)(C)OC(=O)N1CCC(C(=O)N2CCN(CC(O)(c3cn(Cc4ccccc4)c4cc([N+](=O)[O-])ccc34)C(F)(F)F)CC2)CC1. The highest BCUT2D eigenvalue weighted by Crippen LogP contribution is 2.44. The number of carbonyl (C=O) groups excluding carboxylic acids is 2. The van der Waals surface area contributed by atoms with E-state index in [0.29, 0.717) is 25.9 Å². The zero-order valence-electron chi connectivity index (χ0n) is 26.7. The van der Waals surface area contributed by atoms with E-state index in [1.165, 1.54) is 27.8 Å². The van der Waals surface area contributed by atoms with Crippen LogP contribution in [0.15, 0.2) is 54.7 Å². The molecule has 1 unspecified atom stereocenters. The van der Waals surface area contributed by atoms with Crippen LogP contribution in [-0.4, -0.2) is 98.9 Å². The zero-order valence-corrected chi connectivity index (χ0v) is 26.7. The summed E-state index contributed by atoms with van der Waals surface area (Å²) >= 11 is 0. The third-order valence-electron chi connectivity index (χ3n) is 8.82. The van der Waals surface area contributed by atoms with E-state index >= 15 is 0 Å². The number of rotatable bonds is 7. The van der Waals surface area contributed by atoms with Gasteiger partial charge < -0.3 is 24.2 Å². The van der Waals surface area contributed by atoms with Crippen LogP contribution < -0.4 is 0 Å². The fourth-order valence-corrected chi connectivity index (χ4v) is 6.31. The number of non-ortho nitro benzene ring substituents is 1. The number of hydrogen-bond donors (Lipinski definition) is 1. The summed E-state index contributed by atoms with van der Waals surface area (Å²) in [7, 11) is 0. The van der Waals surface area contributed by atoms with Crippen molar-refractivity contribution in [1.82, 2.24) is 19.3 Å². The molecular weight excluding hydrogens is 619 g/mol. The van der Waals surface area contributed by atoms with Gasteiger partial charge in [-0.25, -0.2) is 4.79 Å². The lowest BCUT2D eigenvalue weighted by Crippen LogP contribution is -2.57. The Labute approximate surface area is 270 Å². The minimum atomic E-state index is -5.07. The van der Waals surface area contributed by atoms with Gasteiger partial charge in [-0.05, 0) is 45.2 Å². The Morgan fingerprint density at radius 1 is 0.957 bits per heavy atom. The van der Waals surface area contributed by atoms with Crippen LogP contribution in [-0.2, 0) is 21.7 Å². The number of benzene rings is 2. The number of aliphatic hydroxyl groups is 1. The average molecular weight is 660 g/mol. The summed E-state index contributed by atoms with van der Waals surface area (Å²) in [6, 6.07) is 12.6.